The molecule has 0 N–H and O–H groups in total. The first-order chi connectivity index (χ1) is 21.0. The number of allylic oxidation sites excluding steroid dienone is 2. The summed E-state index contributed by atoms with van der Waals surface area (Å²) in [4.78, 5) is 0. The molecule has 8 nitrogen and oxygen atoms in total. The van der Waals surface area contributed by atoms with Crippen molar-refractivity contribution in [3.8, 4) is 0 Å². The van der Waals surface area contributed by atoms with E-state index in [1.54, 1.807) is 0 Å². The third-order valence-electron chi connectivity index (χ3n) is 7.48. The zero-order valence-corrected chi connectivity index (χ0v) is 33.1. The van der Waals surface area contributed by atoms with Crippen LogP contribution in [0.25, 0.3) is 0 Å². The summed E-state index contributed by atoms with van der Waals surface area (Å²) < 4.78 is 72.4. The van der Waals surface area contributed by atoms with E-state index < -0.39 is 20.8 Å². The van der Waals surface area contributed by atoms with Crippen LogP contribution in [0.15, 0.2) is 24.3 Å². The zero-order chi connectivity index (χ0) is 33.4. The van der Waals surface area contributed by atoms with Crippen LogP contribution in [0.4, 0.5) is 0 Å². The van der Waals surface area contributed by atoms with Crippen LogP contribution in [0.5, 0.6) is 0 Å². The average molecular weight is 707 g/mol. The summed E-state index contributed by atoms with van der Waals surface area (Å²) in [7, 11) is -9.17. The largest absolute Gasteiger partial charge is 2.00 e. The Balaban J connectivity index is -0.000000767. The molecule has 2 atom stereocenters. The summed E-state index contributed by atoms with van der Waals surface area (Å²) in [6.07, 6.45) is 33.6. The quantitative estimate of drug-likeness (QED) is 0.0237. The first-order valence-electron chi connectivity index (χ1n) is 17.5. The number of unbranched alkanes of at least 4 members (excludes halogenated alkanes) is 16. The van der Waals surface area contributed by atoms with E-state index in [9.17, 15) is 25.9 Å². The van der Waals surface area contributed by atoms with E-state index in [-0.39, 0.29) is 62.8 Å². The molecule has 11 heteroatoms. The van der Waals surface area contributed by atoms with Gasteiger partial charge in [0.1, 0.15) is 0 Å². The molecule has 0 rings (SSSR count). The van der Waals surface area contributed by atoms with E-state index in [0.717, 1.165) is 51.4 Å². The van der Waals surface area contributed by atoms with E-state index in [1.165, 1.54) is 89.9 Å². The molecule has 0 amide bonds. The van der Waals surface area contributed by atoms with Gasteiger partial charge in [-0.15, -0.1) is 0 Å². The minimum atomic E-state index is -4.58. The molecule has 0 aliphatic heterocycles. The van der Waals surface area contributed by atoms with Crippen LogP contribution in [-0.2, 0) is 29.2 Å². The van der Waals surface area contributed by atoms with Gasteiger partial charge in [-0.1, -0.05) is 155 Å². The number of hydrogen-bond acceptors (Lipinski definition) is 8. The Kier molecular flexibility index (Phi) is 39.6. The molecule has 0 bridgehead atoms. The average Bonchev–Trinajstić information content (AvgIpc) is 2.96. The molecule has 0 heterocycles. The topological polar surface area (TPSA) is 133 Å². The molecule has 0 aromatic rings. The molecule has 45 heavy (non-hydrogen) atoms. The molecular weight excluding hydrogens is 641 g/mol. The maximum absolute atomic E-state index is 10.6. The smallest absolute Gasteiger partial charge is 0.726 e. The van der Waals surface area contributed by atoms with Gasteiger partial charge in [0.25, 0.3) is 0 Å². The van der Waals surface area contributed by atoms with Crippen molar-refractivity contribution >= 4 is 58.5 Å². The van der Waals surface area contributed by atoms with E-state index >= 15 is 0 Å². The van der Waals surface area contributed by atoms with Gasteiger partial charge >= 0.3 is 37.7 Å². The Morgan fingerprint density at radius 3 is 1.07 bits per heavy atom. The third-order valence-corrected chi connectivity index (χ3v) is 8.32. The predicted octanol–water partition coefficient (Wildman–Crippen LogP) is 9.55. The van der Waals surface area contributed by atoms with Crippen molar-refractivity contribution in [3.05, 3.63) is 24.3 Å². The van der Waals surface area contributed by atoms with Gasteiger partial charge in [0, 0.05) is 11.8 Å². The second-order valence-electron chi connectivity index (χ2n) is 11.9. The minimum absolute atomic E-state index is 0. The fourth-order valence-corrected chi connectivity index (χ4v) is 5.47. The van der Waals surface area contributed by atoms with Crippen molar-refractivity contribution in [2.24, 2.45) is 11.8 Å². The molecule has 0 aliphatic rings. The SMILES string of the molecule is CCCCCCC/C=C/C(CCCCCC)COS(=O)(=O)[O-].CCCCCCC/C=C/C(CCCCCC)COS(=O)(=O)[O-].[Ca+2]. The van der Waals surface area contributed by atoms with E-state index in [0.29, 0.717) is 0 Å². The van der Waals surface area contributed by atoms with Crippen molar-refractivity contribution in [1.29, 1.82) is 0 Å². The van der Waals surface area contributed by atoms with E-state index in [2.05, 4.69) is 48.2 Å². The van der Waals surface area contributed by atoms with Gasteiger partial charge in [0.05, 0.1) is 13.2 Å². The molecule has 0 radical (unpaired) electrons. The third kappa shape index (κ3) is 44.5. The second kappa shape index (κ2) is 35.8. The van der Waals surface area contributed by atoms with Gasteiger partial charge in [0.15, 0.2) is 0 Å². The summed E-state index contributed by atoms with van der Waals surface area (Å²) in [5.41, 5.74) is 0. The summed E-state index contributed by atoms with van der Waals surface area (Å²) in [6.45, 7) is 8.67. The normalized spacial score (nSPS) is 13.5. The summed E-state index contributed by atoms with van der Waals surface area (Å²) in [5, 5.41) is 0. The Morgan fingerprint density at radius 1 is 0.489 bits per heavy atom. The predicted molar refractivity (Wildman–Crippen MR) is 187 cm³/mol. The maximum Gasteiger partial charge on any atom is 2.00 e. The molecule has 264 valence electrons. The minimum Gasteiger partial charge on any atom is -0.726 e. The van der Waals surface area contributed by atoms with E-state index in [1.807, 2.05) is 12.2 Å². The molecule has 0 aromatic heterocycles. The van der Waals surface area contributed by atoms with Crippen LogP contribution in [0, 0.1) is 11.8 Å². The molecule has 0 fully saturated rings. The molecular formula is C34H66CaO8S2. The van der Waals surface area contributed by atoms with E-state index in [4.69, 9.17) is 0 Å². The van der Waals surface area contributed by atoms with Gasteiger partial charge in [-0.05, 0) is 38.5 Å². The van der Waals surface area contributed by atoms with Crippen LogP contribution in [0.1, 0.15) is 169 Å². The first kappa shape index (κ1) is 49.9. The van der Waals surface area contributed by atoms with Crippen LogP contribution in [-0.4, -0.2) is 76.9 Å². The van der Waals surface area contributed by atoms with Gasteiger partial charge < -0.3 is 9.11 Å². The Labute approximate surface area is 308 Å². The van der Waals surface area contributed by atoms with Gasteiger partial charge in [0.2, 0.25) is 20.8 Å². The molecule has 0 aliphatic carbocycles. The van der Waals surface area contributed by atoms with Gasteiger partial charge in [-0.2, -0.15) is 0 Å². The summed E-state index contributed by atoms with van der Waals surface area (Å²) >= 11 is 0. The monoisotopic (exact) mass is 706 g/mol. The first-order valence-corrected chi connectivity index (χ1v) is 20.2. The van der Waals surface area contributed by atoms with Gasteiger partial charge in [-0.25, -0.2) is 16.8 Å². The second-order valence-corrected chi connectivity index (χ2v) is 14.0. The van der Waals surface area contributed by atoms with Crippen LogP contribution >= 0.6 is 0 Å². The van der Waals surface area contributed by atoms with Crippen molar-refractivity contribution in [3.63, 3.8) is 0 Å². The van der Waals surface area contributed by atoms with Crippen molar-refractivity contribution < 1.29 is 34.3 Å². The summed E-state index contributed by atoms with van der Waals surface area (Å²) in [5.74, 6) is 0.0486. The molecule has 0 saturated heterocycles. The fourth-order valence-electron chi connectivity index (χ4n) is 4.79. The van der Waals surface area contributed by atoms with Crippen molar-refractivity contribution in [1.82, 2.24) is 0 Å². The molecule has 0 saturated carbocycles. The molecule has 0 aromatic carbocycles. The zero-order valence-electron chi connectivity index (χ0n) is 29.2. The summed E-state index contributed by atoms with van der Waals surface area (Å²) in [6, 6.07) is 0. The van der Waals surface area contributed by atoms with Crippen LogP contribution < -0.4 is 0 Å². The fraction of sp³-hybridized carbons (Fsp3) is 0.882. The van der Waals surface area contributed by atoms with Crippen LogP contribution in [0.2, 0.25) is 0 Å². The van der Waals surface area contributed by atoms with Crippen molar-refractivity contribution in [2.45, 2.75) is 169 Å². The van der Waals surface area contributed by atoms with Crippen LogP contribution in [0.3, 0.4) is 0 Å². The van der Waals surface area contributed by atoms with Crippen molar-refractivity contribution in [2.75, 3.05) is 13.2 Å². The molecule has 2 unspecified atom stereocenters. The Hall–Kier alpha value is 0.480. The van der Waals surface area contributed by atoms with Gasteiger partial charge in [-0.3, -0.25) is 8.37 Å². The maximum atomic E-state index is 10.6. The Bertz CT molecular complexity index is 805. The Morgan fingerprint density at radius 2 is 0.778 bits per heavy atom. The number of rotatable bonds is 30. The standard InChI is InChI=1S/2C17H34O4S.Ca/c2*1-3-5-7-9-10-11-13-15-17(14-12-8-6-4-2)16-21-22(18,19)20;/h2*13,15,17H,3-12,14,16H2,1-2H3,(H,18,19,20);/q;;+2/p-2/b2*15-13+;. The number of hydrogen-bond donors (Lipinski definition) is 0. The molecule has 0 spiro atoms.